The van der Waals surface area contributed by atoms with Crippen LogP contribution in [0.25, 0.3) is 0 Å². The largest absolute Gasteiger partial charge is 0.355 e. The highest BCUT2D eigenvalue weighted by Crippen LogP contribution is 2.08. The fraction of sp³-hybridized carbons (Fsp3) is 0.818. The van der Waals surface area contributed by atoms with Crippen molar-refractivity contribution < 1.29 is 9.59 Å². The van der Waals surface area contributed by atoms with E-state index < -0.39 is 0 Å². The molecule has 0 aromatic rings. The van der Waals surface area contributed by atoms with E-state index in [4.69, 9.17) is 5.73 Å². The van der Waals surface area contributed by atoms with Gasteiger partial charge in [0.1, 0.15) is 0 Å². The number of rotatable bonds is 6. The number of nitrogens with one attached hydrogen (secondary N) is 1. The minimum absolute atomic E-state index is 0.00847. The molecule has 5 nitrogen and oxygen atoms in total. The first-order valence-corrected chi connectivity index (χ1v) is 5.58. The molecular weight excluding hydrogens is 206 g/mol. The van der Waals surface area contributed by atoms with E-state index in [1.165, 1.54) is 4.90 Å². The molecule has 0 bridgehead atoms. The highest BCUT2D eigenvalue weighted by Gasteiger charge is 2.20. The summed E-state index contributed by atoms with van der Waals surface area (Å²) >= 11 is 0. The summed E-state index contributed by atoms with van der Waals surface area (Å²) in [5.74, 6) is -0.0118. The van der Waals surface area contributed by atoms with Gasteiger partial charge in [0.25, 0.3) is 0 Å². The quantitative estimate of drug-likeness (QED) is 0.663. The minimum atomic E-state index is -0.172. The summed E-state index contributed by atoms with van der Waals surface area (Å²) in [7, 11) is 3.39. The predicted octanol–water partition coefficient (Wildman–Crippen LogP) is -0.188. The molecule has 2 amide bonds. The smallest absolute Gasteiger partial charge is 0.224 e. The van der Waals surface area contributed by atoms with Crippen molar-refractivity contribution in [1.82, 2.24) is 10.2 Å². The molecule has 0 aromatic carbocycles. The Morgan fingerprint density at radius 3 is 2.25 bits per heavy atom. The second kappa shape index (κ2) is 7.22. The summed E-state index contributed by atoms with van der Waals surface area (Å²) in [6, 6.07) is 0. The van der Waals surface area contributed by atoms with Crippen molar-refractivity contribution in [2.45, 2.75) is 20.3 Å². The van der Waals surface area contributed by atoms with Crippen molar-refractivity contribution in [3.63, 3.8) is 0 Å². The van der Waals surface area contributed by atoms with Crippen molar-refractivity contribution in [2.24, 2.45) is 17.6 Å². The molecule has 1 unspecified atom stereocenters. The number of nitrogens with two attached hydrogens (primary N) is 1. The molecule has 0 rings (SSSR count). The normalized spacial score (nSPS) is 12.4. The summed E-state index contributed by atoms with van der Waals surface area (Å²) in [6.45, 7) is 4.63. The first-order chi connectivity index (χ1) is 7.40. The monoisotopic (exact) mass is 229 g/mol. The molecule has 0 fully saturated rings. The zero-order valence-corrected chi connectivity index (χ0v) is 10.6. The fourth-order valence-corrected chi connectivity index (χ4v) is 1.33. The van der Waals surface area contributed by atoms with Gasteiger partial charge in [0.05, 0.1) is 5.92 Å². The molecule has 0 aliphatic carbocycles. The van der Waals surface area contributed by atoms with Crippen LogP contribution in [0.4, 0.5) is 0 Å². The van der Waals surface area contributed by atoms with Crippen LogP contribution in [-0.2, 0) is 9.59 Å². The average molecular weight is 229 g/mol. The van der Waals surface area contributed by atoms with Gasteiger partial charge in [-0.15, -0.1) is 0 Å². The van der Waals surface area contributed by atoms with Crippen molar-refractivity contribution in [3.8, 4) is 0 Å². The molecule has 0 aliphatic heterocycles. The van der Waals surface area contributed by atoms with Gasteiger partial charge in [-0.05, 0) is 5.92 Å². The summed E-state index contributed by atoms with van der Waals surface area (Å²) < 4.78 is 0. The SMILES string of the molecule is CC(C)C(CN)C(=O)NCCC(=O)N(C)C. The molecule has 0 saturated carbocycles. The molecular formula is C11H23N3O2. The highest BCUT2D eigenvalue weighted by molar-refractivity contribution is 5.80. The van der Waals surface area contributed by atoms with Gasteiger partial charge in [0.15, 0.2) is 0 Å². The van der Waals surface area contributed by atoms with Crippen LogP contribution in [0.3, 0.4) is 0 Å². The van der Waals surface area contributed by atoms with Crippen LogP contribution in [0.5, 0.6) is 0 Å². The lowest BCUT2D eigenvalue weighted by molar-refractivity contribution is -0.129. The van der Waals surface area contributed by atoms with Gasteiger partial charge in [0.2, 0.25) is 11.8 Å². The van der Waals surface area contributed by atoms with Gasteiger partial charge in [0, 0.05) is 33.6 Å². The number of carbonyl (C=O) groups excluding carboxylic acids is 2. The molecule has 3 N–H and O–H groups in total. The Bertz CT molecular complexity index is 239. The molecule has 0 aromatic heterocycles. The first-order valence-electron chi connectivity index (χ1n) is 5.58. The maximum absolute atomic E-state index is 11.7. The van der Waals surface area contributed by atoms with Crippen LogP contribution in [0.1, 0.15) is 20.3 Å². The number of hydrogen-bond donors (Lipinski definition) is 2. The van der Waals surface area contributed by atoms with Gasteiger partial charge in [-0.25, -0.2) is 0 Å². The van der Waals surface area contributed by atoms with Gasteiger partial charge >= 0.3 is 0 Å². The third kappa shape index (κ3) is 5.11. The third-order valence-corrected chi connectivity index (χ3v) is 2.53. The van der Waals surface area contributed by atoms with E-state index in [0.717, 1.165) is 0 Å². The standard InChI is InChI=1S/C11H23N3O2/c1-8(2)9(7-12)11(16)13-6-5-10(15)14(3)4/h8-9H,5-7,12H2,1-4H3,(H,13,16). The summed E-state index contributed by atoms with van der Waals surface area (Å²) in [6.07, 6.45) is 0.328. The number of hydrogen-bond acceptors (Lipinski definition) is 3. The predicted molar refractivity (Wildman–Crippen MR) is 63.7 cm³/mol. The van der Waals surface area contributed by atoms with Crippen LogP contribution >= 0.6 is 0 Å². The lowest BCUT2D eigenvalue weighted by atomic mass is 9.95. The number of carbonyl (C=O) groups is 2. The van der Waals surface area contributed by atoms with Gasteiger partial charge in [-0.3, -0.25) is 9.59 Å². The fourth-order valence-electron chi connectivity index (χ4n) is 1.33. The number of nitrogens with zero attached hydrogens (tertiary/aromatic N) is 1. The first kappa shape index (κ1) is 14.9. The van der Waals surface area contributed by atoms with Crippen molar-refractivity contribution in [2.75, 3.05) is 27.2 Å². The van der Waals surface area contributed by atoms with E-state index in [1.807, 2.05) is 13.8 Å². The van der Waals surface area contributed by atoms with Crippen LogP contribution < -0.4 is 11.1 Å². The molecule has 5 heteroatoms. The molecule has 0 spiro atoms. The molecule has 1 atom stereocenters. The molecule has 0 heterocycles. The second-order valence-electron chi connectivity index (χ2n) is 4.42. The Hall–Kier alpha value is -1.10. The minimum Gasteiger partial charge on any atom is -0.355 e. The summed E-state index contributed by atoms with van der Waals surface area (Å²) in [5, 5.41) is 2.73. The summed E-state index contributed by atoms with van der Waals surface area (Å²) in [4.78, 5) is 24.4. The zero-order valence-electron chi connectivity index (χ0n) is 10.6. The molecule has 94 valence electrons. The Morgan fingerprint density at radius 2 is 1.88 bits per heavy atom. The van der Waals surface area contributed by atoms with Gasteiger partial charge in [-0.2, -0.15) is 0 Å². The Morgan fingerprint density at radius 1 is 1.31 bits per heavy atom. The average Bonchev–Trinajstić information content (AvgIpc) is 2.17. The maximum Gasteiger partial charge on any atom is 0.224 e. The Kier molecular flexibility index (Phi) is 6.72. The van der Waals surface area contributed by atoms with Crippen LogP contribution in [0.15, 0.2) is 0 Å². The van der Waals surface area contributed by atoms with Crippen molar-refractivity contribution in [1.29, 1.82) is 0 Å². The Labute approximate surface area is 97.4 Å². The van der Waals surface area contributed by atoms with Crippen LogP contribution in [0, 0.1) is 11.8 Å². The lowest BCUT2D eigenvalue weighted by Gasteiger charge is -2.18. The maximum atomic E-state index is 11.7. The highest BCUT2D eigenvalue weighted by atomic mass is 16.2. The van der Waals surface area contributed by atoms with E-state index in [9.17, 15) is 9.59 Å². The molecule has 0 aliphatic rings. The second-order valence-corrected chi connectivity index (χ2v) is 4.42. The molecule has 16 heavy (non-hydrogen) atoms. The van der Waals surface area contributed by atoms with Gasteiger partial charge < -0.3 is 16.0 Å². The zero-order chi connectivity index (χ0) is 12.7. The van der Waals surface area contributed by atoms with E-state index in [-0.39, 0.29) is 23.7 Å². The van der Waals surface area contributed by atoms with E-state index in [0.29, 0.717) is 19.5 Å². The van der Waals surface area contributed by atoms with E-state index >= 15 is 0 Å². The molecule has 0 saturated heterocycles. The third-order valence-electron chi connectivity index (χ3n) is 2.53. The van der Waals surface area contributed by atoms with Crippen molar-refractivity contribution >= 4 is 11.8 Å². The van der Waals surface area contributed by atoms with E-state index in [2.05, 4.69) is 5.32 Å². The Balaban J connectivity index is 3.93. The molecule has 0 radical (unpaired) electrons. The van der Waals surface area contributed by atoms with Crippen LogP contribution in [0.2, 0.25) is 0 Å². The lowest BCUT2D eigenvalue weighted by Crippen LogP contribution is -2.39. The number of amides is 2. The topological polar surface area (TPSA) is 75.4 Å². The summed E-state index contributed by atoms with van der Waals surface area (Å²) in [5.41, 5.74) is 5.52. The van der Waals surface area contributed by atoms with Gasteiger partial charge in [-0.1, -0.05) is 13.8 Å². The van der Waals surface area contributed by atoms with Crippen LogP contribution in [-0.4, -0.2) is 43.9 Å². The van der Waals surface area contributed by atoms with Crippen molar-refractivity contribution in [3.05, 3.63) is 0 Å². The van der Waals surface area contributed by atoms with E-state index in [1.54, 1.807) is 14.1 Å².